The molecule has 4 nitrogen and oxygen atoms in total. The van der Waals surface area contributed by atoms with E-state index in [2.05, 4.69) is 5.32 Å². The number of carbonyl (C=O) groups excluding carboxylic acids is 2. The van der Waals surface area contributed by atoms with Crippen molar-refractivity contribution in [3.05, 3.63) is 35.4 Å². The molecule has 1 atom stereocenters. The average molecular weight is 285 g/mol. The highest BCUT2D eigenvalue weighted by molar-refractivity contribution is 5.85. The van der Waals surface area contributed by atoms with Gasteiger partial charge in [0.2, 0.25) is 0 Å². The van der Waals surface area contributed by atoms with Gasteiger partial charge in [-0.1, -0.05) is 13.8 Å². The molecule has 1 unspecified atom stereocenters. The van der Waals surface area contributed by atoms with Crippen LogP contribution in [0.4, 0.5) is 13.6 Å². The second kappa shape index (κ2) is 6.98. The van der Waals surface area contributed by atoms with Gasteiger partial charge in [0.05, 0.1) is 6.04 Å². The van der Waals surface area contributed by atoms with Crippen LogP contribution in [0.5, 0.6) is 0 Å². The number of benzene rings is 1. The lowest BCUT2D eigenvalue weighted by atomic mass is 10.0. The summed E-state index contributed by atoms with van der Waals surface area (Å²) in [7, 11) is 0. The van der Waals surface area contributed by atoms with Crippen molar-refractivity contribution in [2.45, 2.75) is 33.4 Å². The summed E-state index contributed by atoms with van der Waals surface area (Å²) in [6.45, 7) is 4.67. The minimum atomic E-state index is -0.802. The lowest BCUT2D eigenvalue weighted by Crippen LogP contribution is -2.43. The monoisotopic (exact) mass is 285 g/mol. The fourth-order valence-corrected chi connectivity index (χ4v) is 1.75. The van der Waals surface area contributed by atoms with E-state index in [4.69, 9.17) is 4.74 Å². The van der Waals surface area contributed by atoms with Crippen molar-refractivity contribution < 1.29 is 23.1 Å². The van der Waals surface area contributed by atoms with E-state index in [1.54, 1.807) is 13.8 Å². The van der Waals surface area contributed by atoms with Gasteiger partial charge in [0.25, 0.3) is 0 Å². The Labute approximate surface area is 116 Å². The number of ketones is 1. The van der Waals surface area contributed by atoms with Crippen molar-refractivity contribution in [2.75, 3.05) is 0 Å². The molecule has 0 spiro atoms. The fourth-order valence-electron chi connectivity index (χ4n) is 1.75. The number of alkyl carbamates (subject to hydrolysis) is 1. The van der Waals surface area contributed by atoms with Gasteiger partial charge in [-0.25, -0.2) is 13.6 Å². The van der Waals surface area contributed by atoms with E-state index >= 15 is 0 Å². The number of rotatable bonds is 5. The Morgan fingerprint density at radius 3 is 2.20 bits per heavy atom. The molecule has 0 aromatic heterocycles. The molecule has 0 bridgehead atoms. The summed E-state index contributed by atoms with van der Waals surface area (Å²) in [6, 6.07) is 2.23. The summed E-state index contributed by atoms with van der Waals surface area (Å²) >= 11 is 0. The summed E-state index contributed by atoms with van der Waals surface area (Å²) in [6.07, 6.45) is -0.802. The van der Waals surface area contributed by atoms with Crippen LogP contribution in [0.15, 0.2) is 18.2 Å². The number of ether oxygens (including phenoxy) is 1. The molecule has 0 aliphatic rings. The second-order valence-electron chi connectivity index (χ2n) is 4.83. The highest BCUT2D eigenvalue weighted by atomic mass is 19.1. The number of amides is 1. The fraction of sp³-hybridized carbons (Fsp3) is 0.429. The lowest BCUT2D eigenvalue weighted by Gasteiger charge is -2.19. The van der Waals surface area contributed by atoms with Crippen molar-refractivity contribution in [3.63, 3.8) is 0 Å². The molecule has 0 aliphatic heterocycles. The van der Waals surface area contributed by atoms with E-state index in [1.807, 2.05) is 0 Å². The Bertz CT molecular complexity index is 483. The Morgan fingerprint density at radius 1 is 1.20 bits per heavy atom. The third kappa shape index (κ3) is 4.95. The number of hydrogen-bond acceptors (Lipinski definition) is 3. The van der Waals surface area contributed by atoms with Crippen LogP contribution >= 0.6 is 0 Å². The first-order valence-electron chi connectivity index (χ1n) is 6.18. The maximum absolute atomic E-state index is 12.9. The van der Waals surface area contributed by atoms with E-state index < -0.39 is 23.8 Å². The highest BCUT2D eigenvalue weighted by Gasteiger charge is 2.21. The van der Waals surface area contributed by atoms with Gasteiger partial charge in [-0.15, -0.1) is 0 Å². The number of nitrogens with one attached hydrogen (secondary N) is 1. The normalized spacial score (nSPS) is 12.1. The van der Waals surface area contributed by atoms with E-state index in [1.165, 1.54) is 6.92 Å². The standard InChI is InChI=1S/C14H17F2NO3/c1-8(2)13(9(3)18)17-14(19)20-7-10-4-11(15)6-12(16)5-10/h4-6,8,13H,7H2,1-3H3,(H,17,19). The Balaban J connectivity index is 2.56. The summed E-state index contributed by atoms with van der Waals surface area (Å²) in [4.78, 5) is 22.8. The molecule has 0 aliphatic carbocycles. The SMILES string of the molecule is CC(=O)C(NC(=O)OCc1cc(F)cc(F)c1)C(C)C. The molecular weight excluding hydrogens is 268 g/mol. The van der Waals surface area contributed by atoms with E-state index in [0.717, 1.165) is 18.2 Å². The predicted octanol–water partition coefficient (Wildman–Crippen LogP) is 2.80. The molecule has 1 aromatic carbocycles. The van der Waals surface area contributed by atoms with Gasteiger partial charge in [-0.05, 0) is 30.5 Å². The minimum absolute atomic E-state index is 0.0772. The van der Waals surface area contributed by atoms with Gasteiger partial charge in [0.1, 0.15) is 18.2 Å². The molecule has 20 heavy (non-hydrogen) atoms. The highest BCUT2D eigenvalue weighted by Crippen LogP contribution is 2.09. The zero-order chi connectivity index (χ0) is 15.3. The average Bonchev–Trinajstić information content (AvgIpc) is 2.31. The van der Waals surface area contributed by atoms with Crippen molar-refractivity contribution in [3.8, 4) is 0 Å². The van der Waals surface area contributed by atoms with Crippen LogP contribution in [-0.4, -0.2) is 17.9 Å². The van der Waals surface area contributed by atoms with Crippen molar-refractivity contribution in [1.82, 2.24) is 5.32 Å². The molecule has 0 radical (unpaired) electrons. The maximum atomic E-state index is 12.9. The van der Waals surface area contributed by atoms with Crippen molar-refractivity contribution >= 4 is 11.9 Å². The number of carbonyl (C=O) groups is 2. The number of Topliss-reactive ketones (excluding diaryl/α,β-unsaturated/α-hetero) is 1. The molecule has 0 saturated carbocycles. The molecule has 110 valence electrons. The smallest absolute Gasteiger partial charge is 0.408 e. The van der Waals surface area contributed by atoms with E-state index in [0.29, 0.717) is 0 Å². The van der Waals surface area contributed by atoms with Crippen LogP contribution in [0.25, 0.3) is 0 Å². The first-order chi connectivity index (χ1) is 9.29. The van der Waals surface area contributed by atoms with E-state index in [9.17, 15) is 18.4 Å². The molecule has 0 heterocycles. The third-order valence-corrected chi connectivity index (χ3v) is 2.67. The Hall–Kier alpha value is -1.98. The van der Waals surface area contributed by atoms with Gasteiger partial charge < -0.3 is 10.1 Å². The van der Waals surface area contributed by atoms with Gasteiger partial charge in [-0.3, -0.25) is 4.79 Å². The van der Waals surface area contributed by atoms with E-state index in [-0.39, 0.29) is 23.9 Å². The summed E-state index contributed by atoms with van der Waals surface area (Å²) in [5, 5.41) is 2.42. The van der Waals surface area contributed by atoms with Gasteiger partial charge in [0.15, 0.2) is 5.78 Å². The zero-order valence-corrected chi connectivity index (χ0v) is 11.6. The Morgan fingerprint density at radius 2 is 1.75 bits per heavy atom. The van der Waals surface area contributed by atoms with Crippen molar-refractivity contribution in [1.29, 1.82) is 0 Å². The molecule has 0 saturated heterocycles. The van der Waals surface area contributed by atoms with Crippen LogP contribution in [-0.2, 0) is 16.1 Å². The van der Waals surface area contributed by atoms with Crippen LogP contribution in [0, 0.1) is 17.6 Å². The number of hydrogen-bond donors (Lipinski definition) is 1. The molecule has 1 rings (SSSR count). The molecular formula is C14H17F2NO3. The van der Waals surface area contributed by atoms with Crippen LogP contribution in [0.2, 0.25) is 0 Å². The Kier molecular flexibility index (Phi) is 5.61. The maximum Gasteiger partial charge on any atom is 0.408 e. The summed E-state index contributed by atoms with van der Waals surface area (Å²) < 4.78 is 30.7. The topological polar surface area (TPSA) is 55.4 Å². The minimum Gasteiger partial charge on any atom is -0.445 e. The summed E-state index contributed by atoms with van der Waals surface area (Å²) in [5.41, 5.74) is 0.196. The van der Waals surface area contributed by atoms with Crippen LogP contribution < -0.4 is 5.32 Å². The van der Waals surface area contributed by atoms with Crippen molar-refractivity contribution in [2.24, 2.45) is 5.92 Å². The van der Waals surface area contributed by atoms with Gasteiger partial charge >= 0.3 is 6.09 Å². The number of halogens is 2. The molecule has 6 heteroatoms. The second-order valence-corrected chi connectivity index (χ2v) is 4.83. The molecule has 1 amide bonds. The lowest BCUT2D eigenvalue weighted by molar-refractivity contribution is -0.119. The summed E-state index contributed by atoms with van der Waals surface area (Å²) in [5.74, 6) is -1.75. The molecule has 1 aromatic rings. The zero-order valence-electron chi connectivity index (χ0n) is 11.6. The van der Waals surface area contributed by atoms with Crippen LogP contribution in [0.1, 0.15) is 26.3 Å². The van der Waals surface area contributed by atoms with Gasteiger partial charge in [0, 0.05) is 6.07 Å². The molecule has 0 fully saturated rings. The predicted molar refractivity (Wildman–Crippen MR) is 69.0 cm³/mol. The quantitative estimate of drug-likeness (QED) is 0.905. The van der Waals surface area contributed by atoms with Crippen LogP contribution in [0.3, 0.4) is 0 Å². The third-order valence-electron chi connectivity index (χ3n) is 2.67. The first-order valence-corrected chi connectivity index (χ1v) is 6.18. The van der Waals surface area contributed by atoms with Gasteiger partial charge in [-0.2, -0.15) is 0 Å². The molecule has 1 N–H and O–H groups in total. The first kappa shape index (κ1) is 16.1. The largest absolute Gasteiger partial charge is 0.445 e.